The van der Waals surface area contributed by atoms with E-state index in [2.05, 4.69) is 77.0 Å². The molecule has 0 aliphatic heterocycles. The zero-order chi connectivity index (χ0) is 21.1. The summed E-state index contributed by atoms with van der Waals surface area (Å²) in [6, 6.07) is 21.4. The molecule has 6 rings (SSSR count). The molecule has 2 atom stereocenters. The number of allylic oxidation sites excluding steroid dienone is 1. The van der Waals surface area contributed by atoms with Gasteiger partial charge in [-0.15, -0.1) is 0 Å². The molecular weight excluding hydrogens is 539 g/mol. The Labute approximate surface area is 194 Å². The first-order chi connectivity index (χ1) is 15.1. The average molecular weight is 570 g/mol. The third-order valence-corrected chi connectivity index (χ3v) is 13.4. The normalized spacial score (nSPS) is 20.2. The number of benzene rings is 3. The SMILES string of the molecule is CC1=Cc2cc3c(cc2C1CCC1c2ccccc2-c2ccc[c]([Hf]([CH3])[CH3])c21)CCC3. The van der Waals surface area contributed by atoms with Crippen LogP contribution in [0.25, 0.3) is 17.2 Å². The van der Waals surface area contributed by atoms with Gasteiger partial charge in [-0.3, -0.25) is 0 Å². The third kappa shape index (κ3) is 3.18. The van der Waals surface area contributed by atoms with Crippen molar-refractivity contribution in [2.24, 2.45) is 0 Å². The quantitative estimate of drug-likeness (QED) is 0.284. The monoisotopic (exact) mass is 571 g/mol. The molecular formula is C30H31Hf. The second-order valence-electron chi connectivity index (χ2n) is 10.0. The van der Waals surface area contributed by atoms with Crippen molar-refractivity contribution in [2.75, 3.05) is 0 Å². The van der Waals surface area contributed by atoms with Gasteiger partial charge in [-0.2, -0.15) is 0 Å². The van der Waals surface area contributed by atoms with E-state index in [9.17, 15) is 0 Å². The Morgan fingerprint density at radius 3 is 2.39 bits per heavy atom. The Morgan fingerprint density at radius 1 is 0.806 bits per heavy atom. The molecule has 2 unspecified atom stereocenters. The first kappa shape index (κ1) is 19.9. The van der Waals surface area contributed by atoms with Crippen LogP contribution in [0.15, 0.2) is 60.2 Å². The maximum absolute atomic E-state index is 2.57. The second-order valence-corrected chi connectivity index (χ2v) is 19.1. The van der Waals surface area contributed by atoms with E-state index in [-0.39, 0.29) is 0 Å². The molecule has 0 radical (unpaired) electrons. The molecule has 3 aliphatic rings. The Kier molecular flexibility index (Phi) is 4.94. The molecule has 0 heterocycles. The van der Waals surface area contributed by atoms with Crippen LogP contribution >= 0.6 is 0 Å². The van der Waals surface area contributed by atoms with E-state index in [1.165, 1.54) is 48.8 Å². The van der Waals surface area contributed by atoms with Gasteiger partial charge in [-0.25, -0.2) is 0 Å². The molecule has 0 bridgehead atoms. The summed E-state index contributed by atoms with van der Waals surface area (Å²) in [4.78, 5) is 0. The van der Waals surface area contributed by atoms with Crippen molar-refractivity contribution in [1.29, 1.82) is 0 Å². The fourth-order valence-electron chi connectivity index (χ4n) is 6.51. The van der Waals surface area contributed by atoms with Gasteiger partial charge in [0.25, 0.3) is 0 Å². The van der Waals surface area contributed by atoms with Crippen molar-refractivity contribution < 1.29 is 21.4 Å². The molecule has 0 amide bonds. The van der Waals surface area contributed by atoms with E-state index >= 15 is 0 Å². The zero-order valence-corrected chi connectivity index (χ0v) is 22.6. The average Bonchev–Trinajstić information content (AvgIpc) is 3.44. The van der Waals surface area contributed by atoms with Crippen LogP contribution in [0.2, 0.25) is 9.36 Å². The predicted octanol–water partition coefficient (Wildman–Crippen LogP) is 7.61. The van der Waals surface area contributed by atoms with E-state index in [0.717, 1.165) is 0 Å². The van der Waals surface area contributed by atoms with Crippen LogP contribution in [0.4, 0.5) is 0 Å². The summed E-state index contributed by atoms with van der Waals surface area (Å²) in [5.74, 6) is 1.18. The molecule has 1 heteroatoms. The Bertz CT molecular complexity index is 1210. The number of rotatable bonds is 4. The first-order valence-corrected chi connectivity index (χ1v) is 21.0. The molecule has 0 N–H and O–H groups in total. The van der Waals surface area contributed by atoms with Gasteiger partial charge in [-0.05, 0) is 0 Å². The molecule has 0 saturated heterocycles. The van der Waals surface area contributed by atoms with Crippen LogP contribution < -0.4 is 3.32 Å². The van der Waals surface area contributed by atoms with E-state index in [0.29, 0.717) is 11.8 Å². The summed E-state index contributed by atoms with van der Waals surface area (Å²) < 4.78 is 6.86. The van der Waals surface area contributed by atoms with Gasteiger partial charge >= 0.3 is 196 Å². The Morgan fingerprint density at radius 2 is 1.55 bits per heavy atom. The van der Waals surface area contributed by atoms with Gasteiger partial charge in [0.05, 0.1) is 0 Å². The number of fused-ring (bicyclic) bond motifs is 5. The van der Waals surface area contributed by atoms with E-state index in [1.807, 2.05) is 0 Å². The van der Waals surface area contributed by atoms with Crippen LogP contribution in [-0.2, 0) is 34.3 Å². The minimum absolute atomic E-state index is 0.577. The molecule has 0 fully saturated rings. The Hall–Kier alpha value is -1.73. The fraction of sp³-hybridized carbons (Fsp3) is 0.333. The van der Waals surface area contributed by atoms with Crippen LogP contribution in [0.3, 0.4) is 0 Å². The van der Waals surface area contributed by atoms with Crippen LogP contribution in [0.5, 0.6) is 0 Å². The molecule has 3 aromatic carbocycles. The standard InChI is InChI=1S/C28H25.2CH3.Hf/c1-18-15-21-16-19-7-6-8-20(19)17-28(21)22(18)13-14-27-25-11-4-2-9-23(25)24-10-3-5-12-26(24)27;;;/h2-5,9-11,15-17,22,27H,6-8,13-14H2,1H3;2*1H3;. The molecule has 0 saturated carbocycles. The van der Waals surface area contributed by atoms with Gasteiger partial charge in [0.15, 0.2) is 0 Å². The van der Waals surface area contributed by atoms with Gasteiger partial charge in [0, 0.05) is 0 Å². The van der Waals surface area contributed by atoms with Crippen molar-refractivity contribution in [2.45, 2.75) is 60.2 Å². The topological polar surface area (TPSA) is 0 Å². The number of hydrogen-bond donors (Lipinski definition) is 0. The molecule has 0 spiro atoms. The van der Waals surface area contributed by atoms with Crippen molar-refractivity contribution in [3.63, 3.8) is 0 Å². The minimum atomic E-state index is -1.65. The van der Waals surface area contributed by atoms with Crippen LogP contribution in [0.1, 0.15) is 71.4 Å². The zero-order valence-electron chi connectivity index (χ0n) is 19.0. The van der Waals surface area contributed by atoms with Crippen LogP contribution in [-0.4, -0.2) is 0 Å². The van der Waals surface area contributed by atoms with Gasteiger partial charge in [0.2, 0.25) is 0 Å². The predicted molar refractivity (Wildman–Crippen MR) is 129 cm³/mol. The van der Waals surface area contributed by atoms with Gasteiger partial charge in [-0.1, -0.05) is 0 Å². The van der Waals surface area contributed by atoms with E-state index in [4.69, 9.17) is 0 Å². The fourth-order valence-corrected chi connectivity index (χ4v) is 11.1. The van der Waals surface area contributed by atoms with Crippen LogP contribution in [0, 0.1) is 0 Å². The molecule has 3 aliphatic carbocycles. The molecule has 3 aromatic rings. The number of aryl methyl sites for hydroxylation is 2. The summed E-state index contributed by atoms with van der Waals surface area (Å²) in [6.45, 7) is 2.36. The second kappa shape index (κ2) is 7.69. The summed E-state index contributed by atoms with van der Waals surface area (Å²) in [7, 11) is 0. The molecule has 0 nitrogen and oxygen atoms in total. The van der Waals surface area contributed by atoms with E-state index < -0.39 is 21.4 Å². The van der Waals surface area contributed by atoms with Crippen molar-refractivity contribution in [3.05, 3.63) is 93.6 Å². The molecule has 31 heavy (non-hydrogen) atoms. The first-order valence-electron chi connectivity index (χ1n) is 12.0. The van der Waals surface area contributed by atoms with E-state index in [1.54, 1.807) is 36.7 Å². The van der Waals surface area contributed by atoms with Gasteiger partial charge < -0.3 is 0 Å². The molecule has 0 aromatic heterocycles. The number of hydrogen-bond acceptors (Lipinski definition) is 0. The summed E-state index contributed by atoms with van der Waals surface area (Å²) in [5.41, 5.74) is 14.2. The maximum atomic E-state index is 2.57. The summed E-state index contributed by atoms with van der Waals surface area (Å²) in [6.07, 6.45) is 8.89. The van der Waals surface area contributed by atoms with Gasteiger partial charge in [0.1, 0.15) is 0 Å². The molecule has 155 valence electrons. The van der Waals surface area contributed by atoms with Crippen molar-refractivity contribution >= 4 is 9.40 Å². The third-order valence-electron chi connectivity index (χ3n) is 7.97. The summed E-state index contributed by atoms with van der Waals surface area (Å²) in [5, 5.41) is 0. The van der Waals surface area contributed by atoms with Crippen molar-refractivity contribution in [1.82, 2.24) is 0 Å². The summed E-state index contributed by atoms with van der Waals surface area (Å²) >= 11 is -1.65. The Balaban J connectivity index is 1.36. The van der Waals surface area contributed by atoms with Crippen molar-refractivity contribution in [3.8, 4) is 11.1 Å².